The van der Waals surface area contributed by atoms with E-state index in [4.69, 9.17) is 4.74 Å². The van der Waals surface area contributed by atoms with Crippen molar-refractivity contribution in [2.45, 2.75) is 25.6 Å². The number of aromatic nitrogens is 2. The lowest BCUT2D eigenvalue weighted by Crippen LogP contribution is -2.49. The van der Waals surface area contributed by atoms with E-state index >= 15 is 0 Å². The molecule has 2 atom stereocenters. The summed E-state index contributed by atoms with van der Waals surface area (Å²) in [5.74, 6) is 0.948. The minimum atomic E-state index is -0.0928. The molecule has 0 radical (unpaired) electrons. The molecule has 2 N–H and O–H groups in total. The topological polar surface area (TPSA) is 61.4 Å². The number of hydrogen-bond donors (Lipinski definition) is 2. The van der Waals surface area contributed by atoms with Crippen LogP contribution in [-0.4, -0.2) is 51.9 Å². The number of nitrogens with zero attached hydrogens (tertiary/aromatic N) is 2. The average molecular weight is 340 g/mol. The van der Waals surface area contributed by atoms with E-state index in [0.717, 1.165) is 34.4 Å². The quantitative estimate of drug-likeness (QED) is 0.896. The smallest absolute Gasteiger partial charge is 0.121 e. The van der Waals surface area contributed by atoms with Crippen LogP contribution in [0.4, 0.5) is 0 Å². The molecular weight excluding hydrogens is 322 g/mol. The number of benzene rings is 1. The summed E-state index contributed by atoms with van der Waals surface area (Å²) < 4.78 is 6.60. The van der Waals surface area contributed by atoms with E-state index in [1.807, 2.05) is 18.2 Å². The summed E-state index contributed by atoms with van der Waals surface area (Å²) in [5, 5.41) is 9.23. The van der Waals surface area contributed by atoms with Crippen molar-refractivity contribution < 1.29 is 9.84 Å². The van der Waals surface area contributed by atoms with E-state index in [-0.39, 0.29) is 12.7 Å². The van der Waals surface area contributed by atoms with Gasteiger partial charge in [-0.15, -0.1) is 0 Å². The maximum Gasteiger partial charge on any atom is 0.121 e. The molecule has 1 aliphatic heterocycles. The van der Waals surface area contributed by atoms with Gasteiger partial charge in [0.25, 0.3) is 0 Å². The van der Waals surface area contributed by atoms with Crippen LogP contribution in [0.25, 0.3) is 11.0 Å². The van der Waals surface area contributed by atoms with Gasteiger partial charge in [-0.05, 0) is 25.1 Å². The Kier molecular flexibility index (Phi) is 4.07. The van der Waals surface area contributed by atoms with Gasteiger partial charge in [-0.3, -0.25) is 4.90 Å². The highest BCUT2D eigenvalue weighted by Gasteiger charge is 2.26. The Bertz CT molecular complexity index is 601. The van der Waals surface area contributed by atoms with Gasteiger partial charge in [0, 0.05) is 17.1 Å². The van der Waals surface area contributed by atoms with Crippen LogP contribution < -0.4 is 0 Å². The first kappa shape index (κ1) is 14.0. The van der Waals surface area contributed by atoms with Crippen molar-refractivity contribution >= 4 is 27.0 Å². The van der Waals surface area contributed by atoms with E-state index in [1.165, 1.54) is 0 Å². The lowest BCUT2D eigenvalue weighted by molar-refractivity contribution is -0.0811. The van der Waals surface area contributed by atoms with Gasteiger partial charge in [0.2, 0.25) is 0 Å². The molecule has 0 unspecified atom stereocenters. The van der Waals surface area contributed by atoms with E-state index in [2.05, 4.69) is 37.7 Å². The van der Waals surface area contributed by atoms with Gasteiger partial charge in [0.05, 0.1) is 36.9 Å². The molecule has 0 saturated carbocycles. The van der Waals surface area contributed by atoms with Crippen molar-refractivity contribution in [2.75, 3.05) is 19.8 Å². The van der Waals surface area contributed by atoms with Crippen molar-refractivity contribution in [2.24, 2.45) is 0 Å². The first-order valence-corrected chi connectivity index (χ1v) is 7.55. The van der Waals surface area contributed by atoms with E-state index in [0.29, 0.717) is 12.6 Å². The molecule has 1 aliphatic rings. The molecular formula is C14H18BrN3O2. The SMILES string of the molecule is C[C@@H]1CO[C@H](CO)CN1Cc1nc2ccc(Br)cc2[nH]1. The van der Waals surface area contributed by atoms with Crippen LogP contribution in [-0.2, 0) is 11.3 Å². The summed E-state index contributed by atoms with van der Waals surface area (Å²) in [4.78, 5) is 10.3. The van der Waals surface area contributed by atoms with Gasteiger partial charge in [0.15, 0.2) is 0 Å². The molecule has 1 aromatic heterocycles. The number of nitrogens with one attached hydrogen (secondary N) is 1. The summed E-state index contributed by atoms with van der Waals surface area (Å²) in [7, 11) is 0. The normalized spacial score (nSPS) is 24.4. The van der Waals surface area contributed by atoms with Crippen molar-refractivity contribution in [1.29, 1.82) is 0 Å². The molecule has 20 heavy (non-hydrogen) atoms. The van der Waals surface area contributed by atoms with Gasteiger partial charge >= 0.3 is 0 Å². The van der Waals surface area contributed by atoms with Crippen molar-refractivity contribution in [3.05, 3.63) is 28.5 Å². The summed E-state index contributed by atoms with van der Waals surface area (Å²) in [6, 6.07) is 6.35. The zero-order chi connectivity index (χ0) is 14.1. The fraction of sp³-hybridized carbons (Fsp3) is 0.500. The van der Waals surface area contributed by atoms with Crippen molar-refractivity contribution in [3.8, 4) is 0 Å². The molecule has 2 aromatic rings. The monoisotopic (exact) mass is 339 g/mol. The Labute approximate surface area is 126 Å². The maximum absolute atomic E-state index is 9.23. The third kappa shape index (κ3) is 2.88. The van der Waals surface area contributed by atoms with Crippen LogP contribution in [0, 0.1) is 0 Å². The maximum atomic E-state index is 9.23. The van der Waals surface area contributed by atoms with Gasteiger partial charge in [0.1, 0.15) is 5.82 Å². The number of aliphatic hydroxyl groups is 1. The minimum absolute atomic E-state index is 0.0658. The predicted molar refractivity (Wildman–Crippen MR) is 80.5 cm³/mol. The number of halogens is 1. The first-order valence-electron chi connectivity index (χ1n) is 6.76. The number of ether oxygens (including phenoxy) is 1. The number of aromatic amines is 1. The Morgan fingerprint density at radius 2 is 2.40 bits per heavy atom. The molecule has 1 aromatic carbocycles. The third-order valence-electron chi connectivity index (χ3n) is 3.68. The van der Waals surface area contributed by atoms with E-state index in [1.54, 1.807) is 0 Å². The molecule has 0 amide bonds. The minimum Gasteiger partial charge on any atom is -0.394 e. The van der Waals surface area contributed by atoms with Gasteiger partial charge in [-0.1, -0.05) is 15.9 Å². The Hall–Kier alpha value is -0.950. The molecule has 0 bridgehead atoms. The number of aliphatic hydroxyl groups excluding tert-OH is 1. The summed E-state index contributed by atoms with van der Waals surface area (Å²) >= 11 is 3.46. The Morgan fingerprint density at radius 3 is 3.20 bits per heavy atom. The predicted octanol–water partition coefficient (Wildman–Crippen LogP) is 1.91. The third-order valence-corrected chi connectivity index (χ3v) is 4.18. The second-order valence-electron chi connectivity index (χ2n) is 5.26. The van der Waals surface area contributed by atoms with Crippen LogP contribution in [0.2, 0.25) is 0 Å². The van der Waals surface area contributed by atoms with Gasteiger partial charge < -0.3 is 14.8 Å². The molecule has 2 heterocycles. The molecule has 3 rings (SSSR count). The van der Waals surface area contributed by atoms with Gasteiger partial charge in [-0.25, -0.2) is 4.98 Å². The molecule has 1 saturated heterocycles. The second kappa shape index (κ2) is 5.81. The number of hydrogen-bond acceptors (Lipinski definition) is 4. The highest BCUT2D eigenvalue weighted by molar-refractivity contribution is 9.10. The van der Waals surface area contributed by atoms with Crippen molar-refractivity contribution in [1.82, 2.24) is 14.9 Å². The van der Waals surface area contributed by atoms with E-state index in [9.17, 15) is 5.11 Å². The summed E-state index contributed by atoms with van der Waals surface area (Å²) in [5.41, 5.74) is 2.01. The highest BCUT2D eigenvalue weighted by atomic mass is 79.9. The summed E-state index contributed by atoms with van der Waals surface area (Å²) in [6.45, 7) is 4.33. The van der Waals surface area contributed by atoms with Crippen LogP contribution in [0.15, 0.2) is 22.7 Å². The number of fused-ring (bicyclic) bond motifs is 1. The number of rotatable bonds is 3. The van der Waals surface area contributed by atoms with E-state index < -0.39 is 0 Å². The zero-order valence-electron chi connectivity index (χ0n) is 11.3. The Morgan fingerprint density at radius 1 is 1.55 bits per heavy atom. The van der Waals surface area contributed by atoms with Crippen molar-refractivity contribution in [3.63, 3.8) is 0 Å². The molecule has 0 spiro atoms. The van der Waals surface area contributed by atoms with Crippen LogP contribution in [0.1, 0.15) is 12.7 Å². The standard InChI is InChI=1S/C14H18BrN3O2/c1-9-8-20-11(7-19)5-18(9)6-14-16-12-3-2-10(15)4-13(12)17-14/h2-4,9,11,19H,5-8H2,1H3,(H,16,17)/t9-,11+/m1/s1. The lowest BCUT2D eigenvalue weighted by atomic mass is 10.2. The summed E-state index contributed by atoms with van der Waals surface area (Å²) in [6.07, 6.45) is -0.0928. The Balaban J connectivity index is 1.77. The lowest BCUT2D eigenvalue weighted by Gasteiger charge is -2.36. The number of morpholine rings is 1. The fourth-order valence-electron chi connectivity index (χ4n) is 2.51. The molecule has 1 fully saturated rings. The zero-order valence-corrected chi connectivity index (χ0v) is 12.9. The number of imidazole rings is 1. The largest absolute Gasteiger partial charge is 0.394 e. The van der Waals surface area contributed by atoms with Crippen LogP contribution >= 0.6 is 15.9 Å². The molecule has 5 nitrogen and oxygen atoms in total. The van der Waals surface area contributed by atoms with Crippen LogP contribution in [0.5, 0.6) is 0 Å². The second-order valence-corrected chi connectivity index (χ2v) is 6.18. The van der Waals surface area contributed by atoms with Gasteiger partial charge in [-0.2, -0.15) is 0 Å². The first-order chi connectivity index (χ1) is 9.65. The molecule has 6 heteroatoms. The fourth-order valence-corrected chi connectivity index (χ4v) is 2.87. The average Bonchev–Trinajstić information content (AvgIpc) is 2.82. The molecule has 0 aliphatic carbocycles. The highest BCUT2D eigenvalue weighted by Crippen LogP contribution is 2.20. The molecule has 108 valence electrons. The number of H-pyrrole nitrogens is 1. The van der Waals surface area contributed by atoms with Crippen LogP contribution in [0.3, 0.4) is 0 Å².